The van der Waals surface area contributed by atoms with Crippen LogP contribution in [0.3, 0.4) is 0 Å². The van der Waals surface area contributed by atoms with Crippen molar-refractivity contribution in [2.75, 3.05) is 7.05 Å². The summed E-state index contributed by atoms with van der Waals surface area (Å²) in [7, 11) is 1.90. The van der Waals surface area contributed by atoms with Crippen LogP contribution in [0.4, 0.5) is 0 Å². The fraction of sp³-hybridized carbons (Fsp3) is 0.500. The number of benzene rings is 1. The molecule has 2 aliphatic carbocycles. The van der Waals surface area contributed by atoms with Crippen LogP contribution < -0.4 is 5.56 Å². The Balaban J connectivity index is 1.61. The number of likely N-dealkylation sites (N-methyl/N-ethyl adjacent to an activating group) is 1. The predicted octanol–water partition coefficient (Wildman–Crippen LogP) is 5.10. The number of amides is 1. The summed E-state index contributed by atoms with van der Waals surface area (Å²) in [5.41, 5.74) is 3.12. The molecule has 1 amide bonds. The van der Waals surface area contributed by atoms with E-state index in [0.717, 1.165) is 53.4 Å². The number of hydrogen-bond acceptors (Lipinski definition) is 4. The summed E-state index contributed by atoms with van der Waals surface area (Å²) < 4.78 is 1.64. The first-order chi connectivity index (χ1) is 15.5. The number of thiophene rings is 1. The molecule has 5 nitrogen and oxygen atoms in total. The molecular weight excluding hydrogens is 418 g/mol. The molecule has 168 valence electrons. The summed E-state index contributed by atoms with van der Waals surface area (Å²) in [5, 5.41) is 0.745. The number of fused-ring (bicyclic) bond motifs is 3. The van der Waals surface area contributed by atoms with Gasteiger partial charge in [0.2, 0.25) is 5.91 Å². The topological polar surface area (TPSA) is 55.2 Å². The molecule has 2 aromatic heterocycles. The van der Waals surface area contributed by atoms with Crippen LogP contribution in [0.1, 0.15) is 60.9 Å². The molecule has 0 N–H and O–H groups in total. The molecule has 5 rings (SSSR count). The second-order valence-electron chi connectivity index (χ2n) is 9.38. The molecular formula is C26H31N3O2S. The predicted molar refractivity (Wildman–Crippen MR) is 130 cm³/mol. The highest BCUT2D eigenvalue weighted by molar-refractivity contribution is 7.18. The van der Waals surface area contributed by atoms with Crippen molar-refractivity contribution in [3.63, 3.8) is 0 Å². The lowest BCUT2D eigenvalue weighted by Gasteiger charge is -2.31. The number of aromatic nitrogens is 2. The average Bonchev–Trinajstić information content (AvgIpc) is 3.19. The third kappa shape index (κ3) is 3.90. The maximum atomic E-state index is 13.8. The van der Waals surface area contributed by atoms with Crippen LogP contribution in [0, 0.1) is 6.92 Å². The Labute approximate surface area is 193 Å². The fourth-order valence-electron chi connectivity index (χ4n) is 5.31. The average molecular weight is 450 g/mol. The number of nitrogens with zero attached hydrogens (tertiary/aromatic N) is 3. The minimum Gasteiger partial charge on any atom is -0.341 e. The van der Waals surface area contributed by atoms with Crippen molar-refractivity contribution in [3.05, 3.63) is 50.6 Å². The minimum atomic E-state index is -0.0590. The standard InChI is InChI=1S/C26H31N3O2S/c1-17-9-8-10-18(15-17)24-27-25-23(20-13-6-7-14-21(20)32-25)26(31)29(24)16-22(30)28(2)19-11-4-3-5-12-19/h8-10,15,19H,3-7,11-14,16H2,1-2H3. The van der Waals surface area contributed by atoms with Gasteiger partial charge in [-0.1, -0.05) is 43.0 Å². The zero-order chi connectivity index (χ0) is 22.2. The quantitative estimate of drug-likeness (QED) is 0.557. The van der Waals surface area contributed by atoms with Crippen LogP contribution in [0.5, 0.6) is 0 Å². The smallest absolute Gasteiger partial charge is 0.263 e. The van der Waals surface area contributed by atoms with Crippen LogP contribution in [0.2, 0.25) is 0 Å². The van der Waals surface area contributed by atoms with Crippen molar-refractivity contribution in [1.29, 1.82) is 0 Å². The lowest BCUT2D eigenvalue weighted by molar-refractivity contribution is -0.133. The molecule has 1 aromatic carbocycles. The number of carbonyl (C=O) groups excluding carboxylic acids is 1. The van der Waals surface area contributed by atoms with Gasteiger partial charge in [0.15, 0.2) is 0 Å². The highest BCUT2D eigenvalue weighted by Crippen LogP contribution is 2.35. The summed E-state index contributed by atoms with van der Waals surface area (Å²) >= 11 is 1.66. The second kappa shape index (κ2) is 8.81. The Morgan fingerprint density at radius 1 is 1.16 bits per heavy atom. The van der Waals surface area contributed by atoms with E-state index in [0.29, 0.717) is 5.82 Å². The van der Waals surface area contributed by atoms with Gasteiger partial charge in [0, 0.05) is 23.5 Å². The summed E-state index contributed by atoms with van der Waals surface area (Å²) in [5.74, 6) is 0.605. The van der Waals surface area contributed by atoms with Gasteiger partial charge in [-0.3, -0.25) is 14.2 Å². The van der Waals surface area contributed by atoms with E-state index in [2.05, 4.69) is 0 Å². The number of hydrogen-bond donors (Lipinski definition) is 0. The van der Waals surface area contributed by atoms with Crippen LogP contribution in [-0.2, 0) is 24.2 Å². The van der Waals surface area contributed by atoms with Gasteiger partial charge in [-0.25, -0.2) is 4.98 Å². The van der Waals surface area contributed by atoms with Crippen molar-refractivity contribution in [3.8, 4) is 11.4 Å². The molecule has 0 bridgehead atoms. The lowest BCUT2D eigenvalue weighted by atomic mass is 9.94. The van der Waals surface area contributed by atoms with Gasteiger partial charge in [0.05, 0.1) is 5.39 Å². The highest BCUT2D eigenvalue weighted by Gasteiger charge is 2.26. The van der Waals surface area contributed by atoms with Gasteiger partial charge in [-0.15, -0.1) is 11.3 Å². The van der Waals surface area contributed by atoms with E-state index in [9.17, 15) is 9.59 Å². The zero-order valence-corrected chi connectivity index (χ0v) is 19.8. The number of rotatable bonds is 4. The van der Waals surface area contributed by atoms with Crippen LogP contribution in [0.25, 0.3) is 21.6 Å². The zero-order valence-electron chi connectivity index (χ0n) is 19.0. The largest absolute Gasteiger partial charge is 0.341 e. The van der Waals surface area contributed by atoms with E-state index >= 15 is 0 Å². The molecule has 0 spiro atoms. The molecule has 1 fully saturated rings. The molecule has 0 aliphatic heterocycles. The first kappa shape index (κ1) is 21.4. The molecule has 0 radical (unpaired) electrons. The van der Waals surface area contributed by atoms with E-state index < -0.39 is 0 Å². The van der Waals surface area contributed by atoms with Gasteiger partial charge in [0.25, 0.3) is 5.56 Å². The molecule has 0 saturated heterocycles. The van der Waals surface area contributed by atoms with Gasteiger partial charge < -0.3 is 4.90 Å². The van der Waals surface area contributed by atoms with Crippen LogP contribution >= 0.6 is 11.3 Å². The lowest BCUT2D eigenvalue weighted by Crippen LogP contribution is -2.41. The highest BCUT2D eigenvalue weighted by atomic mass is 32.1. The maximum Gasteiger partial charge on any atom is 0.263 e. The molecule has 32 heavy (non-hydrogen) atoms. The van der Waals surface area contributed by atoms with Gasteiger partial charge in [-0.05, 0) is 57.1 Å². The molecule has 2 heterocycles. The normalized spacial score (nSPS) is 16.8. The van der Waals surface area contributed by atoms with E-state index in [1.54, 1.807) is 15.9 Å². The molecule has 0 atom stereocenters. The summed E-state index contributed by atoms with van der Waals surface area (Å²) in [6.07, 6.45) is 9.94. The molecule has 0 unspecified atom stereocenters. The molecule has 1 saturated carbocycles. The summed E-state index contributed by atoms with van der Waals surface area (Å²) in [6.45, 7) is 2.08. The fourth-order valence-corrected chi connectivity index (χ4v) is 6.56. The SMILES string of the molecule is Cc1cccc(-c2nc3sc4c(c3c(=O)n2CC(=O)N(C)C2CCCCC2)CCCC4)c1. The second-order valence-corrected chi connectivity index (χ2v) is 10.5. The van der Waals surface area contributed by atoms with Crippen molar-refractivity contribution in [2.24, 2.45) is 0 Å². The van der Waals surface area contributed by atoms with Gasteiger partial charge in [-0.2, -0.15) is 0 Å². The monoisotopic (exact) mass is 449 g/mol. The van der Waals surface area contributed by atoms with Crippen molar-refractivity contribution in [1.82, 2.24) is 14.5 Å². The molecule has 2 aliphatic rings. The third-order valence-corrected chi connectivity index (χ3v) is 8.35. The summed E-state index contributed by atoms with van der Waals surface area (Å²) in [4.78, 5) is 36.1. The molecule has 6 heteroatoms. The Kier molecular flexibility index (Phi) is 5.89. The Hall–Kier alpha value is -2.47. The van der Waals surface area contributed by atoms with Crippen molar-refractivity contribution in [2.45, 2.75) is 77.3 Å². The number of carbonyl (C=O) groups is 1. The Morgan fingerprint density at radius 3 is 2.72 bits per heavy atom. The first-order valence-corrected chi connectivity index (χ1v) is 12.7. The van der Waals surface area contributed by atoms with E-state index in [1.807, 2.05) is 43.1 Å². The number of aryl methyl sites for hydroxylation is 3. The Bertz CT molecular complexity index is 1220. The third-order valence-electron chi connectivity index (χ3n) is 7.16. The first-order valence-electron chi connectivity index (χ1n) is 11.9. The van der Waals surface area contributed by atoms with Crippen molar-refractivity contribution < 1.29 is 4.79 Å². The minimum absolute atomic E-state index is 0.00171. The Morgan fingerprint density at radius 2 is 1.94 bits per heavy atom. The van der Waals surface area contributed by atoms with E-state index in [4.69, 9.17) is 4.98 Å². The van der Waals surface area contributed by atoms with E-state index in [-0.39, 0.29) is 24.1 Å². The van der Waals surface area contributed by atoms with Gasteiger partial charge >= 0.3 is 0 Å². The van der Waals surface area contributed by atoms with Crippen LogP contribution in [-0.4, -0.2) is 33.4 Å². The van der Waals surface area contributed by atoms with Crippen LogP contribution in [0.15, 0.2) is 29.1 Å². The summed E-state index contributed by atoms with van der Waals surface area (Å²) in [6, 6.07) is 8.34. The van der Waals surface area contributed by atoms with E-state index in [1.165, 1.54) is 36.1 Å². The maximum absolute atomic E-state index is 13.8. The van der Waals surface area contributed by atoms with Gasteiger partial charge in [0.1, 0.15) is 17.2 Å². The van der Waals surface area contributed by atoms with Crippen molar-refractivity contribution >= 4 is 27.5 Å². The molecule has 3 aromatic rings.